The number of methoxy groups -OCH3 is 1. The molecule has 2 heterocycles. The number of ether oxygens (including phenoxy) is 2. The van der Waals surface area contributed by atoms with Crippen LogP contribution in [0.25, 0.3) is 23.4 Å². The highest BCUT2D eigenvalue weighted by atomic mass is 19.4. The van der Waals surface area contributed by atoms with Crippen molar-refractivity contribution >= 4 is 12.2 Å². The van der Waals surface area contributed by atoms with Gasteiger partial charge in [-0.3, -0.25) is 9.72 Å². The quantitative estimate of drug-likeness (QED) is 0.449. The average molecular weight is 426 g/mol. The van der Waals surface area contributed by atoms with Crippen LogP contribution in [0.1, 0.15) is 41.1 Å². The first-order valence-electron chi connectivity index (χ1n) is 9.89. The van der Waals surface area contributed by atoms with Crippen molar-refractivity contribution in [1.29, 1.82) is 0 Å². The molecule has 1 aliphatic carbocycles. The van der Waals surface area contributed by atoms with E-state index >= 15 is 0 Å². The number of benzene rings is 1. The van der Waals surface area contributed by atoms with E-state index in [2.05, 4.69) is 9.72 Å². The predicted molar refractivity (Wildman–Crippen MR) is 112 cm³/mol. The molecule has 7 heteroatoms. The molecule has 1 aromatic carbocycles. The summed E-state index contributed by atoms with van der Waals surface area (Å²) in [4.78, 5) is 9.12. The van der Waals surface area contributed by atoms with Gasteiger partial charge in [0.05, 0.1) is 25.1 Å². The topological polar surface area (TPSA) is 44.2 Å². The summed E-state index contributed by atoms with van der Waals surface area (Å²) < 4.78 is 45.7. The van der Waals surface area contributed by atoms with E-state index in [1.807, 2.05) is 30.4 Å². The van der Waals surface area contributed by atoms with Crippen LogP contribution in [-0.4, -0.2) is 23.4 Å². The summed E-state index contributed by atoms with van der Waals surface area (Å²) in [6.07, 6.45) is 4.95. The Balaban J connectivity index is 1.48. The van der Waals surface area contributed by atoms with Gasteiger partial charge in [0.2, 0.25) is 0 Å². The Morgan fingerprint density at radius 3 is 2.42 bits per heavy atom. The number of pyridine rings is 2. The van der Waals surface area contributed by atoms with Crippen LogP contribution >= 0.6 is 0 Å². The Bertz CT molecular complexity index is 1070. The molecule has 0 saturated heterocycles. The molecule has 1 saturated carbocycles. The standard InChI is InChI=1S/C24H21F3N2O2/c1-30-22-11-10-21(29-23(22)19-8-9-19)20-12-18(13-28-14-20)7-4-16-2-5-17(6-3-16)15-31-24(25,26)27/h2-7,10-14,19H,8-9,15H2,1H3/b7-4+. The maximum absolute atomic E-state index is 12.1. The zero-order valence-corrected chi connectivity index (χ0v) is 16.9. The van der Waals surface area contributed by atoms with E-state index in [1.54, 1.807) is 43.8 Å². The third-order valence-corrected chi connectivity index (χ3v) is 4.98. The van der Waals surface area contributed by atoms with Crippen LogP contribution in [0.15, 0.2) is 54.9 Å². The molecule has 0 amide bonds. The molecule has 0 atom stereocenters. The minimum absolute atomic E-state index is 0.454. The van der Waals surface area contributed by atoms with Gasteiger partial charge in [0.15, 0.2) is 0 Å². The third-order valence-electron chi connectivity index (χ3n) is 4.98. The van der Waals surface area contributed by atoms with Crippen LogP contribution < -0.4 is 4.74 Å². The van der Waals surface area contributed by atoms with Crippen molar-refractivity contribution in [2.24, 2.45) is 0 Å². The van der Waals surface area contributed by atoms with Crippen LogP contribution in [0.5, 0.6) is 5.75 Å². The van der Waals surface area contributed by atoms with E-state index in [0.717, 1.165) is 46.7 Å². The third kappa shape index (κ3) is 5.70. The highest BCUT2D eigenvalue weighted by molar-refractivity contribution is 5.72. The minimum Gasteiger partial charge on any atom is -0.495 e. The summed E-state index contributed by atoms with van der Waals surface area (Å²) in [5.74, 6) is 1.29. The van der Waals surface area contributed by atoms with Gasteiger partial charge in [0, 0.05) is 23.9 Å². The van der Waals surface area contributed by atoms with Crippen LogP contribution in [0.4, 0.5) is 13.2 Å². The van der Waals surface area contributed by atoms with Crippen molar-refractivity contribution in [2.45, 2.75) is 31.7 Å². The van der Waals surface area contributed by atoms with Gasteiger partial charge in [-0.2, -0.15) is 0 Å². The lowest BCUT2D eigenvalue weighted by Gasteiger charge is -2.09. The summed E-state index contributed by atoms with van der Waals surface area (Å²) in [6.45, 7) is -0.503. The van der Waals surface area contributed by atoms with Gasteiger partial charge in [-0.1, -0.05) is 36.4 Å². The van der Waals surface area contributed by atoms with Crippen molar-refractivity contribution in [2.75, 3.05) is 7.11 Å². The van der Waals surface area contributed by atoms with Crippen molar-refractivity contribution in [1.82, 2.24) is 9.97 Å². The Labute approximate surface area is 178 Å². The molecule has 2 aromatic heterocycles. The molecule has 31 heavy (non-hydrogen) atoms. The summed E-state index contributed by atoms with van der Waals surface area (Å²) in [7, 11) is 1.66. The number of rotatable bonds is 7. The molecule has 0 aliphatic heterocycles. The maximum Gasteiger partial charge on any atom is 0.522 e. The van der Waals surface area contributed by atoms with Gasteiger partial charge in [0.1, 0.15) is 5.75 Å². The fourth-order valence-corrected chi connectivity index (χ4v) is 3.22. The summed E-state index contributed by atoms with van der Waals surface area (Å²) in [5, 5.41) is 0. The SMILES string of the molecule is COc1ccc(-c2cncc(/C=C/c3ccc(COC(F)(F)F)cc3)c2)nc1C1CC1. The number of aromatic nitrogens is 2. The molecule has 0 bridgehead atoms. The number of halogens is 3. The largest absolute Gasteiger partial charge is 0.522 e. The van der Waals surface area contributed by atoms with Crippen LogP contribution in [0.2, 0.25) is 0 Å². The van der Waals surface area contributed by atoms with E-state index in [1.165, 1.54) is 0 Å². The minimum atomic E-state index is -4.63. The van der Waals surface area contributed by atoms with Gasteiger partial charge in [-0.05, 0) is 47.7 Å². The lowest BCUT2D eigenvalue weighted by molar-refractivity contribution is -0.330. The fourth-order valence-electron chi connectivity index (χ4n) is 3.22. The van der Waals surface area contributed by atoms with Crippen molar-refractivity contribution in [3.05, 3.63) is 77.2 Å². The Morgan fingerprint density at radius 2 is 1.74 bits per heavy atom. The zero-order chi connectivity index (χ0) is 21.8. The van der Waals surface area contributed by atoms with Crippen molar-refractivity contribution < 1.29 is 22.6 Å². The molecule has 160 valence electrons. The molecule has 0 radical (unpaired) electrons. The Morgan fingerprint density at radius 1 is 1.00 bits per heavy atom. The van der Waals surface area contributed by atoms with Crippen molar-refractivity contribution in [3.8, 4) is 17.0 Å². The van der Waals surface area contributed by atoms with E-state index in [0.29, 0.717) is 11.5 Å². The smallest absolute Gasteiger partial charge is 0.495 e. The predicted octanol–water partition coefficient (Wildman–Crippen LogP) is 6.24. The van der Waals surface area contributed by atoms with Gasteiger partial charge >= 0.3 is 6.36 Å². The monoisotopic (exact) mass is 426 g/mol. The Kier molecular flexibility index (Phi) is 6.04. The molecule has 1 fully saturated rings. The molecule has 4 rings (SSSR count). The van der Waals surface area contributed by atoms with Crippen LogP contribution in [-0.2, 0) is 11.3 Å². The Hall–Kier alpha value is -3.19. The second kappa shape index (κ2) is 8.89. The molecular weight excluding hydrogens is 405 g/mol. The number of nitrogens with zero attached hydrogens (tertiary/aromatic N) is 2. The van der Waals surface area contributed by atoms with E-state index < -0.39 is 13.0 Å². The lowest BCUT2D eigenvalue weighted by atomic mass is 10.1. The molecule has 1 aliphatic rings. The normalized spacial score (nSPS) is 14.2. The zero-order valence-electron chi connectivity index (χ0n) is 16.9. The molecule has 0 unspecified atom stereocenters. The van der Waals surface area contributed by atoms with Gasteiger partial charge in [0.25, 0.3) is 0 Å². The van der Waals surface area contributed by atoms with E-state index in [4.69, 9.17) is 9.72 Å². The number of alkyl halides is 3. The first kappa shape index (κ1) is 21.1. The van der Waals surface area contributed by atoms with Crippen LogP contribution in [0.3, 0.4) is 0 Å². The van der Waals surface area contributed by atoms with Gasteiger partial charge < -0.3 is 4.74 Å². The summed E-state index contributed by atoms with van der Waals surface area (Å²) in [6, 6.07) is 12.6. The first-order valence-corrected chi connectivity index (χ1v) is 9.89. The van der Waals surface area contributed by atoms with Gasteiger partial charge in [-0.15, -0.1) is 13.2 Å². The van der Waals surface area contributed by atoms with Crippen molar-refractivity contribution in [3.63, 3.8) is 0 Å². The molecule has 4 nitrogen and oxygen atoms in total. The molecule has 0 N–H and O–H groups in total. The second-order valence-electron chi connectivity index (χ2n) is 7.37. The van der Waals surface area contributed by atoms with E-state index in [-0.39, 0.29) is 0 Å². The molecule has 3 aromatic rings. The fraction of sp³-hybridized carbons (Fsp3) is 0.250. The number of hydrogen-bond donors (Lipinski definition) is 0. The van der Waals surface area contributed by atoms with Gasteiger partial charge in [-0.25, -0.2) is 4.98 Å². The number of hydrogen-bond acceptors (Lipinski definition) is 4. The van der Waals surface area contributed by atoms with E-state index in [9.17, 15) is 13.2 Å². The maximum atomic E-state index is 12.1. The molecule has 0 spiro atoms. The highest BCUT2D eigenvalue weighted by Crippen LogP contribution is 2.43. The van der Waals surface area contributed by atoms with Crippen LogP contribution in [0, 0.1) is 0 Å². The molecular formula is C24H21F3N2O2. The average Bonchev–Trinajstić information content (AvgIpc) is 3.62. The summed E-state index contributed by atoms with van der Waals surface area (Å²) in [5.41, 5.74) is 4.96. The first-order chi connectivity index (χ1) is 14.9. The highest BCUT2D eigenvalue weighted by Gasteiger charge is 2.29. The second-order valence-corrected chi connectivity index (χ2v) is 7.37. The lowest BCUT2D eigenvalue weighted by Crippen LogP contribution is -2.12. The summed E-state index contributed by atoms with van der Waals surface area (Å²) >= 11 is 0.